The molecule has 0 amide bonds. The zero-order chi connectivity index (χ0) is 24.0. The van der Waals surface area contributed by atoms with E-state index in [2.05, 4.69) is 65.6 Å². The van der Waals surface area contributed by atoms with Crippen LogP contribution in [0.5, 0.6) is 0 Å². The summed E-state index contributed by atoms with van der Waals surface area (Å²) < 4.78 is 25.9. The van der Waals surface area contributed by atoms with Gasteiger partial charge in [-0.2, -0.15) is 4.31 Å². The molecule has 35 heavy (non-hydrogen) atoms. The number of rotatable bonds is 4. The molecule has 6 rings (SSSR count). The van der Waals surface area contributed by atoms with Gasteiger partial charge in [0.25, 0.3) is 0 Å². The summed E-state index contributed by atoms with van der Waals surface area (Å²) in [6.45, 7) is 4.18. The second-order valence-corrected chi connectivity index (χ2v) is 11.9. The average Bonchev–Trinajstić information content (AvgIpc) is 2.92. The van der Waals surface area contributed by atoms with Gasteiger partial charge >= 0.3 is 0 Å². The van der Waals surface area contributed by atoms with Crippen LogP contribution in [0.15, 0.2) is 66.9 Å². The molecule has 1 aromatic heterocycles. The highest BCUT2D eigenvalue weighted by atomic mass is 32.2. The lowest BCUT2D eigenvalue weighted by atomic mass is 9.78. The smallest absolute Gasteiger partial charge is 0.213 e. The van der Waals surface area contributed by atoms with Gasteiger partial charge in [-0.05, 0) is 71.0 Å². The number of fused-ring (bicyclic) bond motifs is 5. The van der Waals surface area contributed by atoms with E-state index in [0.717, 1.165) is 24.2 Å². The Labute approximate surface area is 207 Å². The van der Waals surface area contributed by atoms with Crippen LogP contribution in [0.3, 0.4) is 0 Å². The third kappa shape index (κ3) is 3.99. The van der Waals surface area contributed by atoms with Crippen LogP contribution in [0.2, 0.25) is 0 Å². The van der Waals surface area contributed by atoms with Crippen molar-refractivity contribution in [1.82, 2.24) is 9.29 Å². The van der Waals surface area contributed by atoms with E-state index >= 15 is 0 Å². The second-order valence-electron chi connectivity index (χ2n) is 9.69. The normalized spacial score (nSPS) is 19.2. The molecule has 0 saturated carbocycles. The highest BCUT2D eigenvalue weighted by Gasteiger charge is 2.27. The van der Waals surface area contributed by atoms with Gasteiger partial charge in [0.2, 0.25) is 10.0 Å². The number of aromatic nitrogens is 1. The van der Waals surface area contributed by atoms with Gasteiger partial charge in [0.05, 0.1) is 17.6 Å². The van der Waals surface area contributed by atoms with Crippen molar-refractivity contribution in [3.63, 3.8) is 0 Å². The molecule has 0 N–H and O–H groups in total. The van der Waals surface area contributed by atoms with E-state index in [-0.39, 0.29) is 5.75 Å². The number of hydrogen-bond donors (Lipinski definition) is 0. The number of piperazine rings is 1. The molecule has 3 aromatic carbocycles. The van der Waals surface area contributed by atoms with Gasteiger partial charge in [-0.15, -0.1) is 0 Å². The van der Waals surface area contributed by atoms with Crippen molar-refractivity contribution in [3.8, 4) is 0 Å². The molecule has 1 fully saturated rings. The van der Waals surface area contributed by atoms with Gasteiger partial charge < -0.3 is 4.90 Å². The molecule has 1 aliphatic heterocycles. The Morgan fingerprint density at radius 2 is 1.69 bits per heavy atom. The number of anilines is 1. The first-order valence-electron chi connectivity index (χ1n) is 12.7. The predicted octanol–water partition coefficient (Wildman–Crippen LogP) is 5.33. The minimum atomic E-state index is -3.11. The molecule has 1 unspecified atom stereocenters. The first kappa shape index (κ1) is 22.5. The Kier molecular flexibility index (Phi) is 5.73. The Bertz CT molecular complexity index is 1490. The lowest BCUT2D eigenvalue weighted by Gasteiger charge is -2.35. The summed E-state index contributed by atoms with van der Waals surface area (Å²) in [5.41, 5.74) is 5.09. The molecule has 1 atom stereocenters. The monoisotopic (exact) mass is 485 g/mol. The third-order valence-electron chi connectivity index (χ3n) is 7.86. The maximum absolute atomic E-state index is 12.2. The SMILES string of the molecule is CCS(=O)(=O)N1CCN(c2ccc(C3CCCc4c3ccc3c4ccc4ccccc43)nc2)CC1. The lowest BCUT2D eigenvalue weighted by molar-refractivity contribution is 0.385. The fraction of sp³-hybridized carbons (Fsp3) is 0.345. The van der Waals surface area contributed by atoms with Crippen LogP contribution in [-0.4, -0.2) is 49.6 Å². The van der Waals surface area contributed by atoms with E-state index in [1.807, 2.05) is 6.20 Å². The van der Waals surface area contributed by atoms with Crippen molar-refractivity contribution >= 4 is 37.3 Å². The molecule has 1 aliphatic carbocycles. The van der Waals surface area contributed by atoms with Crippen LogP contribution in [-0.2, 0) is 16.4 Å². The Morgan fingerprint density at radius 1 is 0.886 bits per heavy atom. The summed E-state index contributed by atoms with van der Waals surface area (Å²) in [5.74, 6) is 0.479. The molecule has 0 radical (unpaired) electrons. The van der Waals surface area contributed by atoms with E-state index < -0.39 is 10.0 Å². The molecule has 2 aliphatic rings. The van der Waals surface area contributed by atoms with E-state index in [1.54, 1.807) is 11.2 Å². The standard InChI is InChI=1S/C29H31N3O2S/c1-2-35(33,34)32-18-16-31(17-19-32)22-11-15-29(30-20-22)28-9-5-8-24-26-12-10-21-6-3-4-7-23(21)25(26)13-14-27(24)28/h3-4,6-7,10-15,20,28H,2,5,8-9,16-19H2,1H3. The Balaban J connectivity index is 1.27. The van der Waals surface area contributed by atoms with Gasteiger partial charge in [-0.25, -0.2) is 8.42 Å². The van der Waals surface area contributed by atoms with E-state index in [1.165, 1.54) is 39.1 Å². The van der Waals surface area contributed by atoms with Gasteiger partial charge in [0.1, 0.15) is 0 Å². The molecule has 2 heterocycles. The van der Waals surface area contributed by atoms with Crippen LogP contribution in [0.4, 0.5) is 5.69 Å². The summed E-state index contributed by atoms with van der Waals surface area (Å²) in [4.78, 5) is 7.16. The molecule has 6 heteroatoms. The fourth-order valence-corrected chi connectivity index (χ4v) is 7.00. The maximum Gasteiger partial charge on any atom is 0.213 e. The topological polar surface area (TPSA) is 53.5 Å². The highest BCUT2D eigenvalue weighted by Crippen LogP contribution is 2.40. The number of benzene rings is 3. The van der Waals surface area contributed by atoms with Crippen LogP contribution in [0.1, 0.15) is 42.5 Å². The average molecular weight is 486 g/mol. The Morgan fingerprint density at radius 3 is 2.46 bits per heavy atom. The Hall–Kier alpha value is -2.96. The van der Waals surface area contributed by atoms with E-state index in [9.17, 15) is 8.42 Å². The predicted molar refractivity (Wildman–Crippen MR) is 144 cm³/mol. The molecular weight excluding hydrogens is 454 g/mol. The van der Waals surface area contributed by atoms with E-state index in [4.69, 9.17) is 4.98 Å². The summed E-state index contributed by atoms with van der Waals surface area (Å²) in [6.07, 6.45) is 5.37. The van der Waals surface area contributed by atoms with Crippen molar-refractivity contribution in [2.75, 3.05) is 36.8 Å². The first-order valence-corrected chi connectivity index (χ1v) is 14.3. The first-order chi connectivity index (χ1) is 17.0. The summed E-state index contributed by atoms with van der Waals surface area (Å²) in [7, 11) is -3.11. The molecule has 0 bridgehead atoms. The summed E-state index contributed by atoms with van der Waals surface area (Å²) in [6, 6.07) is 22.2. The molecule has 4 aromatic rings. The van der Waals surface area contributed by atoms with Crippen molar-refractivity contribution in [2.24, 2.45) is 0 Å². The zero-order valence-corrected chi connectivity index (χ0v) is 21.0. The van der Waals surface area contributed by atoms with Crippen molar-refractivity contribution < 1.29 is 8.42 Å². The number of aryl methyl sites for hydroxylation is 1. The highest BCUT2D eigenvalue weighted by molar-refractivity contribution is 7.89. The number of nitrogens with zero attached hydrogens (tertiary/aromatic N) is 3. The zero-order valence-electron chi connectivity index (χ0n) is 20.2. The number of hydrogen-bond acceptors (Lipinski definition) is 4. The minimum absolute atomic E-state index is 0.164. The van der Waals surface area contributed by atoms with Crippen LogP contribution < -0.4 is 4.90 Å². The molecule has 5 nitrogen and oxygen atoms in total. The van der Waals surface area contributed by atoms with Crippen LogP contribution >= 0.6 is 0 Å². The lowest BCUT2D eigenvalue weighted by Crippen LogP contribution is -2.49. The van der Waals surface area contributed by atoms with Gasteiger partial charge in [-0.3, -0.25) is 4.98 Å². The van der Waals surface area contributed by atoms with Crippen molar-refractivity contribution in [3.05, 3.63) is 83.7 Å². The van der Waals surface area contributed by atoms with Crippen molar-refractivity contribution in [1.29, 1.82) is 0 Å². The minimum Gasteiger partial charge on any atom is -0.368 e. The molecule has 0 spiro atoms. The van der Waals surface area contributed by atoms with Gasteiger partial charge in [0, 0.05) is 37.8 Å². The number of sulfonamides is 1. The molecule has 1 saturated heterocycles. The van der Waals surface area contributed by atoms with Crippen molar-refractivity contribution in [2.45, 2.75) is 32.1 Å². The third-order valence-corrected chi connectivity index (χ3v) is 9.74. The maximum atomic E-state index is 12.2. The molecule has 180 valence electrons. The fourth-order valence-electron chi connectivity index (χ4n) is 5.92. The molecular formula is C29H31N3O2S. The van der Waals surface area contributed by atoms with E-state index in [0.29, 0.717) is 32.1 Å². The summed E-state index contributed by atoms with van der Waals surface area (Å²) >= 11 is 0. The van der Waals surface area contributed by atoms with Crippen LogP contribution in [0.25, 0.3) is 21.5 Å². The summed E-state index contributed by atoms with van der Waals surface area (Å²) in [5, 5.41) is 5.33. The second kappa shape index (κ2) is 8.92. The quantitative estimate of drug-likeness (QED) is 0.367. The van der Waals surface area contributed by atoms with Gasteiger partial charge in [0.15, 0.2) is 0 Å². The van der Waals surface area contributed by atoms with Crippen LogP contribution in [0, 0.1) is 0 Å². The van der Waals surface area contributed by atoms with Gasteiger partial charge in [-0.1, -0.05) is 48.5 Å². The largest absolute Gasteiger partial charge is 0.368 e. The number of pyridine rings is 1.